The lowest BCUT2D eigenvalue weighted by molar-refractivity contribution is -0.132. The number of amides is 2. The first-order valence-electron chi connectivity index (χ1n) is 8.92. The molecule has 1 saturated heterocycles. The first-order chi connectivity index (χ1) is 13.1. The van der Waals surface area contributed by atoms with Gasteiger partial charge in [-0.1, -0.05) is 5.16 Å². The van der Waals surface area contributed by atoms with Crippen LogP contribution in [0.4, 0.5) is 0 Å². The Bertz CT molecular complexity index is 779. The van der Waals surface area contributed by atoms with Crippen molar-refractivity contribution in [1.29, 1.82) is 0 Å². The molecular formula is C19H24N4O4. The predicted molar refractivity (Wildman–Crippen MR) is 99.5 cm³/mol. The molecule has 1 aliphatic rings. The summed E-state index contributed by atoms with van der Waals surface area (Å²) in [5.74, 6) is 0.935. The summed E-state index contributed by atoms with van der Waals surface area (Å²) in [7, 11) is 3.64. The number of benzene rings is 1. The largest absolute Gasteiger partial charge is 0.497 e. The minimum Gasteiger partial charge on any atom is -0.497 e. The Labute approximate surface area is 158 Å². The summed E-state index contributed by atoms with van der Waals surface area (Å²) < 4.78 is 10.4. The number of hydrogen-bond donors (Lipinski definition) is 1. The molecule has 0 aliphatic carbocycles. The molecule has 144 valence electrons. The van der Waals surface area contributed by atoms with E-state index >= 15 is 0 Å². The summed E-state index contributed by atoms with van der Waals surface area (Å²) in [6, 6.07) is 8.86. The van der Waals surface area contributed by atoms with Crippen LogP contribution in [0.1, 0.15) is 16.9 Å². The number of nitrogens with one attached hydrogen (secondary N) is 1. The van der Waals surface area contributed by atoms with Crippen LogP contribution < -0.4 is 10.1 Å². The van der Waals surface area contributed by atoms with E-state index in [0.29, 0.717) is 5.76 Å². The molecule has 0 bridgehead atoms. The van der Waals surface area contributed by atoms with E-state index in [1.165, 1.54) is 0 Å². The van der Waals surface area contributed by atoms with Crippen LogP contribution in [-0.2, 0) is 4.79 Å². The van der Waals surface area contributed by atoms with E-state index in [1.54, 1.807) is 13.2 Å². The zero-order valence-corrected chi connectivity index (χ0v) is 15.6. The van der Waals surface area contributed by atoms with Gasteiger partial charge in [0.25, 0.3) is 5.91 Å². The van der Waals surface area contributed by atoms with Crippen LogP contribution >= 0.6 is 0 Å². The Balaban J connectivity index is 1.48. The van der Waals surface area contributed by atoms with Crippen molar-refractivity contribution < 1.29 is 18.8 Å². The molecule has 2 heterocycles. The maximum Gasteiger partial charge on any atom is 0.273 e. The van der Waals surface area contributed by atoms with Crippen LogP contribution in [0, 0.1) is 0 Å². The predicted octanol–water partition coefficient (Wildman–Crippen LogP) is 1.24. The number of carbonyl (C=O) groups excluding carboxylic acids is 2. The van der Waals surface area contributed by atoms with E-state index in [9.17, 15) is 9.59 Å². The van der Waals surface area contributed by atoms with Crippen molar-refractivity contribution in [1.82, 2.24) is 20.3 Å². The minimum atomic E-state index is -0.357. The van der Waals surface area contributed by atoms with Gasteiger partial charge in [-0.3, -0.25) is 9.59 Å². The molecule has 1 aromatic heterocycles. The van der Waals surface area contributed by atoms with E-state index in [2.05, 4.69) is 15.4 Å². The highest BCUT2D eigenvalue weighted by atomic mass is 16.5. The molecule has 0 radical (unpaired) electrons. The molecule has 2 aromatic rings. The molecule has 1 fully saturated rings. The van der Waals surface area contributed by atoms with Crippen molar-refractivity contribution in [2.45, 2.75) is 6.42 Å². The first kappa shape index (κ1) is 18.9. The lowest BCUT2D eigenvalue weighted by Gasteiger charge is -2.32. The number of likely N-dealkylation sites (N-methyl/N-ethyl adjacent to an activating group) is 1. The van der Waals surface area contributed by atoms with Crippen molar-refractivity contribution in [3.8, 4) is 17.1 Å². The fourth-order valence-electron chi connectivity index (χ4n) is 2.86. The summed E-state index contributed by atoms with van der Waals surface area (Å²) in [5.41, 5.74) is 0.987. The standard InChI is InChI=1S/C19H24N4O4/c1-22-9-11-23(12-10-22)18(24)7-8-20-19(25)16-13-17(27-21-16)14-3-5-15(26-2)6-4-14/h3-6,13H,7-12H2,1-2H3,(H,20,25). The van der Waals surface area contributed by atoms with Gasteiger partial charge in [-0.05, 0) is 31.3 Å². The third-order valence-corrected chi connectivity index (χ3v) is 4.60. The monoisotopic (exact) mass is 372 g/mol. The van der Waals surface area contributed by atoms with Gasteiger partial charge in [0.1, 0.15) is 5.75 Å². The van der Waals surface area contributed by atoms with Gasteiger partial charge >= 0.3 is 0 Å². The summed E-state index contributed by atoms with van der Waals surface area (Å²) in [6.45, 7) is 3.50. The summed E-state index contributed by atoms with van der Waals surface area (Å²) >= 11 is 0. The Morgan fingerprint density at radius 1 is 1.19 bits per heavy atom. The molecule has 2 amide bonds. The van der Waals surface area contributed by atoms with Crippen LogP contribution in [0.2, 0.25) is 0 Å². The fraction of sp³-hybridized carbons (Fsp3) is 0.421. The number of piperazine rings is 1. The van der Waals surface area contributed by atoms with Crippen LogP contribution in [0.25, 0.3) is 11.3 Å². The smallest absolute Gasteiger partial charge is 0.273 e. The Morgan fingerprint density at radius 3 is 2.56 bits per heavy atom. The van der Waals surface area contributed by atoms with Gasteiger partial charge in [-0.2, -0.15) is 0 Å². The SMILES string of the molecule is COc1ccc(-c2cc(C(=O)NCCC(=O)N3CCN(C)CC3)no2)cc1. The van der Waals surface area contributed by atoms with E-state index in [0.717, 1.165) is 37.5 Å². The number of nitrogens with zero attached hydrogens (tertiary/aromatic N) is 3. The summed E-state index contributed by atoms with van der Waals surface area (Å²) in [4.78, 5) is 28.4. The van der Waals surface area contributed by atoms with Gasteiger partial charge in [0.2, 0.25) is 5.91 Å². The molecule has 0 saturated carbocycles. The lowest BCUT2D eigenvalue weighted by Crippen LogP contribution is -2.47. The normalized spacial score (nSPS) is 14.8. The molecule has 27 heavy (non-hydrogen) atoms. The molecule has 3 rings (SSSR count). The number of aromatic nitrogens is 1. The van der Waals surface area contributed by atoms with Crippen LogP contribution in [0.15, 0.2) is 34.9 Å². The molecule has 1 aromatic carbocycles. The molecule has 1 N–H and O–H groups in total. The Hall–Kier alpha value is -2.87. The van der Waals surface area contributed by atoms with E-state index in [-0.39, 0.29) is 30.5 Å². The maximum atomic E-state index is 12.2. The van der Waals surface area contributed by atoms with Gasteiger partial charge in [-0.15, -0.1) is 0 Å². The highest BCUT2D eigenvalue weighted by Crippen LogP contribution is 2.23. The molecular weight excluding hydrogens is 348 g/mol. The van der Waals surface area contributed by atoms with E-state index in [1.807, 2.05) is 36.2 Å². The minimum absolute atomic E-state index is 0.0578. The average Bonchev–Trinajstić information content (AvgIpc) is 3.19. The van der Waals surface area contributed by atoms with Gasteiger partial charge in [0, 0.05) is 50.8 Å². The van der Waals surface area contributed by atoms with Crippen molar-refractivity contribution in [3.05, 3.63) is 36.0 Å². The topological polar surface area (TPSA) is 87.9 Å². The fourth-order valence-corrected chi connectivity index (χ4v) is 2.86. The maximum absolute atomic E-state index is 12.2. The number of methoxy groups -OCH3 is 1. The van der Waals surface area contributed by atoms with Crippen LogP contribution in [-0.4, -0.2) is 73.7 Å². The zero-order chi connectivity index (χ0) is 19.2. The van der Waals surface area contributed by atoms with Crippen LogP contribution in [0.3, 0.4) is 0 Å². The molecule has 0 atom stereocenters. The molecule has 1 aliphatic heterocycles. The average molecular weight is 372 g/mol. The summed E-state index contributed by atoms with van der Waals surface area (Å²) in [6.07, 6.45) is 0.276. The van der Waals surface area contributed by atoms with Crippen molar-refractivity contribution in [3.63, 3.8) is 0 Å². The third kappa shape index (κ3) is 4.85. The van der Waals surface area contributed by atoms with Gasteiger partial charge in [0.15, 0.2) is 11.5 Å². The van der Waals surface area contributed by atoms with Crippen molar-refractivity contribution in [2.75, 3.05) is 46.9 Å². The van der Waals surface area contributed by atoms with Gasteiger partial charge < -0.3 is 24.4 Å². The summed E-state index contributed by atoms with van der Waals surface area (Å²) in [5, 5.41) is 6.53. The van der Waals surface area contributed by atoms with Gasteiger partial charge in [-0.25, -0.2) is 0 Å². The molecule has 0 unspecified atom stereocenters. The Kier molecular flexibility index (Phi) is 6.08. The zero-order valence-electron chi connectivity index (χ0n) is 15.6. The van der Waals surface area contributed by atoms with Crippen LogP contribution in [0.5, 0.6) is 5.75 Å². The number of rotatable bonds is 6. The number of ether oxygens (including phenoxy) is 1. The first-order valence-corrected chi connectivity index (χ1v) is 8.92. The van der Waals surface area contributed by atoms with E-state index < -0.39 is 0 Å². The Morgan fingerprint density at radius 2 is 1.89 bits per heavy atom. The van der Waals surface area contributed by atoms with Crippen molar-refractivity contribution >= 4 is 11.8 Å². The molecule has 0 spiro atoms. The second-order valence-electron chi connectivity index (χ2n) is 6.49. The molecule has 8 nitrogen and oxygen atoms in total. The van der Waals surface area contributed by atoms with Gasteiger partial charge in [0.05, 0.1) is 7.11 Å². The molecule has 8 heteroatoms. The van der Waals surface area contributed by atoms with Crippen molar-refractivity contribution in [2.24, 2.45) is 0 Å². The third-order valence-electron chi connectivity index (χ3n) is 4.60. The number of carbonyl (C=O) groups is 2. The quantitative estimate of drug-likeness (QED) is 0.821. The number of hydrogen-bond acceptors (Lipinski definition) is 6. The second kappa shape index (κ2) is 8.68. The van der Waals surface area contributed by atoms with E-state index in [4.69, 9.17) is 9.26 Å². The second-order valence-corrected chi connectivity index (χ2v) is 6.49. The highest BCUT2D eigenvalue weighted by molar-refractivity contribution is 5.93. The highest BCUT2D eigenvalue weighted by Gasteiger charge is 2.19. The lowest BCUT2D eigenvalue weighted by atomic mass is 10.1.